The Morgan fingerprint density at radius 3 is 2.72 bits per heavy atom. The van der Waals surface area contributed by atoms with Crippen molar-refractivity contribution in [3.63, 3.8) is 0 Å². The van der Waals surface area contributed by atoms with Gasteiger partial charge in [0.2, 0.25) is 5.91 Å². The number of nitrogens with two attached hydrogens (primary N) is 1. The van der Waals surface area contributed by atoms with Gasteiger partial charge in [-0.05, 0) is 25.1 Å². The lowest BCUT2D eigenvalue weighted by atomic mass is 10.0. The van der Waals surface area contributed by atoms with E-state index in [0.717, 1.165) is 40.1 Å². The maximum atomic E-state index is 12.4. The average Bonchev–Trinajstić information content (AvgIpc) is 3.04. The third-order valence-electron chi connectivity index (χ3n) is 4.72. The number of hydrogen-bond donors (Lipinski definition) is 2. The largest absolute Gasteiger partial charge is 0.369 e. The third-order valence-corrected chi connectivity index (χ3v) is 5.62. The Kier molecular flexibility index (Phi) is 4.82. The molecule has 144 valence electrons. The van der Waals surface area contributed by atoms with E-state index >= 15 is 0 Å². The molecule has 0 saturated carbocycles. The molecule has 0 aliphatic rings. The number of carbonyl (C=O) groups is 1. The summed E-state index contributed by atoms with van der Waals surface area (Å²) >= 11 is 1.03. The van der Waals surface area contributed by atoms with Crippen LogP contribution in [0.2, 0.25) is 0 Å². The minimum absolute atomic E-state index is 0.0166. The molecule has 2 aromatic heterocycles. The molecule has 4 rings (SSSR count). The Hall–Kier alpha value is -3.57. The number of nitrogens with one attached hydrogen (secondary N) is 1. The predicted octanol–water partition coefficient (Wildman–Crippen LogP) is 3.01. The third kappa shape index (κ3) is 3.26. The van der Waals surface area contributed by atoms with E-state index < -0.39 is 11.5 Å². The van der Waals surface area contributed by atoms with Crippen molar-refractivity contribution in [2.75, 3.05) is 5.75 Å². The molecule has 0 spiro atoms. The first-order valence-electron chi connectivity index (χ1n) is 9.00. The normalized spacial score (nSPS) is 11.0. The number of para-hydroxylation sites is 1. The molecule has 0 fully saturated rings. The van der Waals surface area contributed by atoms with Gasteiger partial charge in [-0.2, -0.15) is 5.26 Å². The number of rotatable bonds is 5. The molecule has 1 amide bonds. The molecule has 0 bridgehead atoms. The van der Waals surface area contributed by atoms with E-state index in [9.17, 15) is 14.9 Å². The molecular formula is C21H17N5O2S. The van der Waals surface area contributed by atoms with Crippen LogP contribution in [0.4, 0.5) is 0 Å². The molecule has 3 N–H and O–H groups in total. The van der Waals surface area contributed by atoms with E-state index in [4.69, 9.17) is 5.73 Å². The number of aryl methyl sites for hydroxylation is 1. The van der Waals surface area contributed by atoms with Crippen LogP contribution >= 0.6 is 11.8 Å². The van der Waals surface area contributed by atoms with E-state index in [-0.39, 0.29) is 16.5 Å². The molecule has 29 heavy (non-hydrogen) atoms. The topological polar surface area (TPSA) is 118 Å². The fraction of sp³-hybridized carbons (Fsp3) is 0.143. The van der Waals surface area contributed by atoms with Gasteiger partial charge in [-0.1, -0.05) is 36.0 Å². The summed E-state index contributed by atoms with van der Waals surface area (Å²) in [4.78, 5) is 30.4. The highest BCUT2D eigenvalue weighted by Crippen LogP contribution is 2.33. The van der Waals surface area contributed by atoms with Crippen molar-refractivity contribution in [3.05, 3.63) is 58.4 Å². The van der Waals surface area contributed by atoms with Gasteiger partial charge in [0.1, 0.15) is 11.6 Å². The van der Waals surface area contributed by atoms with Gasteiger partial charge >= 0.3 is 0 Å². The zero-order chi connectivity index (χ0) is 20.5. The molecule has 0 saturated heterocycles. The molecule has 0 aliphatic heterocycles. The van der Waals surface area contributed by atoms with Gasteiger partial charge in [-0.3, -0.25) is 9.59 Å². The molecule has 0 atom stereocenters. The van der Waals surface area contributed by atoms with Crippen LogP contribution in [0.25, 0.3) is 33.1 Å². The Balaban J connectivity index is 1.95. The van der Waals surface area contributed by atoms with Gasteiger partial charge in [0.15, 0.2) is 5.16 Å². The van der Waals surface area contributed by atoms with Crippen molar-refractivity contribution < 1.29 is 4.79 Å². The van der Waals surface area contributed by atoms with Gasteiger partial charge in [-0.25, -0.2) is 4.98 Å². The second-order valence-electron chi connectivity index (χ2n) is 6.45. The highest BCUT2D eigenvalue weighted by molar-refractivity contribution is 7.99. The standard InChI is InChI=1S/C21H17N5O2S/c1-2-26-16-6-4-3-5-13(16)14-9-12(7-8-17(14)26)19-15(10-22)20(28)25-21(24-19)29-11-18(23)27/h3-9H,2,11H2,1H3,(H2,23,27)(H,24,25,28). The smallest absolute Gasteiger partial charge is 0.270 e. The predicted molar refractivity (Wildman–Crippen MR) is 114 cm³/mol. The van der Waals surface area contributed by atoms with Crippen molar-refractivity contribution >= 4 is 39.5 Å². The lowest BCUT2D eigenvalue weighted by Gasteiger charge is -2.07. The van der Waals surface area contributed by atoms with Crippen molar-refractivity contribution in [2.45, 2.75) is 18.6 Å². The zero-order valence-corrected chi connectivity index (χ0v) is 16.4. The van der Waals surface area contributed by atoms with Crippen molar-refractivity contribution in [1.29, 1.82) is 5.26 Å². The minimum Gasteiger partial charge on any atom is -0.369 e. The molecule has 0 unspecified atom stereocenters. The highest BCUT2D eigenvalue weighted by Gasteiger charge is 2.16. The van der Waals surface area contributed by atoms with Crippen LogP contribution in [0.3, 0.4) is 0 Å². The number of aromatic nitrogens is 3. The summed E-state index contributed by atoms with van der Waals surface area (Å²) in [6, 6.07) is 15.9. The second kappa shape index (κ2) is 7.45. The number of benzene rings is 2. The van der Waals surface area contributed by atoms with E-state index in [1.807, 2.05) is 36.4 Å². The Labute approximate surface area is 170 Å². The molecular weight excluding hydrogens is 386 g/mol. The first-order chi connectivity index (χ1) is 14.0. The summed E-state index contributed by atoms with van der Waals surface area (Å²) in [7, 11) is 0. The fourth-order valence-corrected chi connectivity index (χ4v) is 4.11. The number of amides is 1. The van der Waals surface area contributed by atoms with Gasteiger partial charge in [0.25, 0.3) is 5.56 Å². The molecule has 2 aromatic carbocycles. The number of primary amides is 1. The molecule has 0 radical (unpaired) electrons. The quantitative estimate of drug-likeness (QED) is 0.392. The number of aromatic amines is 1. The van der Waals surface area contributed by atoms with Crippen LogP contribution in [0.5, 0.6) is 0 Å². The SMILES string of the molecule is CCn1c2ccccc2c2cc(-c3nc(SCC(N)=O)[nH]c(=O)c3C#N)ccc21. The number of carbonyl (C=O) groups excluding carboxylic acids is 1. The van der Waals surface area contributed by atoms with E-state index in [0.29, 0.717) is 11.3 Å². The summed E-state index contributed by atoms with van der Waals surface area (Å²) < 4.78 is 2.22. The van der Waals surface area contributed by atoms with Crippen LogP contribution in [-0.2, 0) is 11.3 Å². The fourth-order valence-electron chi connectivity index (χ4n) is 3.51. The van der Waals surface area contributed by atoms with Gasteiger partial charge < -0.3 is 15.3 Å². The Morgan fingerprint density at radius 1 is 1.24 bits per heavy atom. The van der Waals surface area contributed by atoms with Crippen molar-refractivity contribution in [2.24, 2.45) is 5.73 Å². The first kappa shape index (κ1) is 18.8. The molecule has 8 heteroatoms. The average molecular weight is 403 g/mol. The molecule has 0 aliphatic carbocycles. The second-order valence-corrected chi connectivity index (χ2v) is 7.42. The number of hydrogen-bond acceptors (Lipinski definition) is 5. The molecule has 7 nitrogen and oxygen atoms in total. The minimum atomic E-state index is -0.541. The number of thioether (sulfide) groups is 1. The van der Waals surface area contributed by atoms with Crippen molar-refractivity contribution in [3.8, 4) is 17.3 Å². The molecule has 2 heterocycles. The Morgan fingerprint density at radius 2 is 2.00 bits per heavy atom. The van der Waals surface area contributed by atoms with Crippen LogP contribution < -0.4 is 11.3 Å². The number of nitrogens with zero attached hydrogens (tertiary/aromatic N) is 3. The van der Waals surface area contributed by atoms with Crippen LogP contribution in [0.1, 0.15) is 12.5 Å². The first-order valence-corrected chi connectivity index (χ1v) is 9.99. The zero-order valence-electron chi connectivity index (χ0n) is 15.6. The van der Waals surface area contributed by atoms with Gasteiger partial charge in [0.05, 0.1) is 11.4 Å². The monoisotopic (exact) mass is 403 g/mol. The summed E-state index contributed by atoms with van der Waals surface area (Å²) in [5, 5.41) is 11.9. The maximum Gasteiger partial charge on any atom is 0.270 e. The van der Waals surface area contributed by atoms with Gasteiger partial charge in [0, 0.05) is 33.9 Å². The van der Waals surface area contributed by atoms with E-state index in [1.54, 1.807) is 0 Å². The summed E-state index contributed by atoms with van der Waals surface area (Å²) in [6.45, 7) is 2.91. The summed E-state index contributed by atoms with van der Waals surface area (Å²) in [5.41, 5.74) is 7.73. The van der Waals surface area contributed by atoms with Crippen LogP contribution in [-0.4, -0.2) is 26.2 Å². The Bertz CT molecular complexity index is 1360. The lowest BCUT2D eigenvalue weighted by molar-refractivity contribution is -0.115. The van der Waals surface area contributed by atoms with Crippen molar-refractivity contribution in [1.82, 2.24) is 14.5 Å². The number of H-pyrrole nitrogens is 1. The number of fused-ring (bicyclic) bond motifs is 3. The van der Waals surface area contributed by atoms with Crippen LogP contribution in [0, 0.1) is 11.3 Å². The maximum absolute atomic E-state index is 12.4. The van der Waals surface area contributed by atoms with Crippen LogP contribution in [0.15, 0.2) is 52.4 Å². The van der Waals surface area contributed by atoms with E-state index in [2.05, 4.69) is 33.6 Å². The summed E-state index contributed by atoms with van der Waals surface area (Å²) in [6.07, 6.45) is 0. The lowest BCUT2D eigenvalue weighted by Crippen LogP contribution is -2.17. The molecule has 4 aromatic rings. The summed E-state index contributed by atoms with van der Waals surface area (Å²) in [5.74, 6) is -0.533. The highest BCUT2D eigenvalue weighted by atomic mass is 32.2. The number of nitriles is 1. The van der Waals surface area contributed by atoms with Gasteiger partial charge in [-0.15, -0.1) is 0 Å². The van der Waals surface area contributed by atoms with E-state index in [1.165, 1.54) is 0 Å².